The zero-order valence-electron chi connectivity index (χ0n) is 19.5. The molecule has 0 saturated carbocycles. The summed E-state index contributed by atoms with van der Waals surface area (Å²) in [5.74, 6) is -0.848. The third kappa shape index (κ3) is 5.14. The van der Waals surface area contributed by atoms with Gasteiger partial charge >= 0.3 is 6.18 Å². The van der Waals surface area contributed by atoms with Crippen molar-refractivity contribution in [1.29, 1.82) is 0 Å². The van der Waals surface area contributed by atoms with Crippen molar-refractivity contribution in [3.8, 4) is 0 Å². The van der Waals surface area contributed by atoms with Gasteiger partial charge in [0.15, 0.2) is 0 Å². The average Bonchev–Trinajstić information content (AvgIpc) is 3.30. The largest absolute Gasteiger partial charge is 0.435 e. The predicted molar refractivity (Wildman–Crippen MR) is 135 cm³/mol. The van der Waals surface area contributed by atoms with Crippen LogP contribution >= 0.6 is 23.2 Å². The molecule has 192 valence electrons. The maximum atomic E-state index is 14.3. The van der Waals surface area contributed by atoms with Gasteiger partial charge in [-0.3, -0.25) is 9.59 Å². The van der Waals surface area contributed by atoms with Crippen molar-refractivity contribution in [3.05, 3.63) is 98.5 Å². The molecule has 1 unspecified atom stereocenters. The number of nitrogens with zero attached hydrogens (tertiary/aromatic N) is 1. The molecule has 0 aromatic heterocycles. The molecular formula is C26H20Cl2F3N3O3. The monoisotopic (exact) mass is 549 g/mol. The lowest BCUT2D eigenvalue weighted by molar-refractivity contribution is -0.275. The number of hydrogen-bond acceptors (Lipinski definition) is 4. The van der Waals surface area contributed by atoms with Crippen molar-refractivity contribution in [2.24, 2.45) is 5.16 Å². The number of para-hydroxylation sites is 1. The van der Waals surface area contributed by atoms with E-state index in [1.165, 1.54) is 25.2 Å². The lowest BCUT2D eigenvalue weighted by atomic mass is 9.86. The topological polar surface area (TPSA) is 79.8 Å². The Morgan fingerprint density at radius 3 is 2.27 bits per heavy atom. The van der Waals surface area contributed by atoms with Crippen molar-refractivity contribution in [1.82, 2.24) is 5.32 Å². The average molecular weight is 550 g/mol. The Bertz CT molecular complexity index is 1410. The van der Waals surface area contributed by atoms with Crippen LogP contribution in [0.3, 0.4) is 0 Å². The number of amides is 2. The first-order valence-electron chi connectivity index (χ1n) is 11.0. The van der Waals surface area contributed by atoms with Gasteiger partial charge in [-0.1, -0.05) is 46.6 Å². The number of rotatable bonds is 5. The highest BCUT2D eigenvalue weighted by Gasteiger charge is 2.62. The third-order valence-corrected chi connectivity index (χ3v) is 6.40. The van der Waals surface area contributed by atoms with Crippen LogP contribution in [0.15, 0.2) is 65.8 Å². The van der Waals surface area contributed by atoms with Crippen molar-refractivity contribution >= 4 is 46.4 Å². The molecule has 0 saturated heterocycles. The summed E-state index contributed by atoms with van der Waals surface area (Å²) in [6.45, 7) is 1.65. The first-order chi connectivity index (χ1) is 17.4. The third-order valence-electron chi connectivity index (χ3n) is 5.97. The van der Waals surface area contributed by atoms with Gasteiger partial charge in [0.2, 0.25) is 0 Å². The molecule has 3 aromatic rings. The highest BCUT2D eigenvalue weighted by molar-refractivity contribution is 6.34. The van der Waals surface area contributed by atoms with E-state index in [4.69, 9.17) is 28.0 Å². The maximum Gasteiger partial charge on any atom is 0.435 e. The second-order valence-corrected chi connectivity index (χ2v) is 9.27. The number of oxime groups is 1. The molecule has 1 atom stereocenters. The SMILES string of the molecule is CNC(=O)c1ccccc1NC(=O)c1ccc(C2=NOC(c3cc(Cl)cc(Cl)c3)(C(F)(F)F)C2)cc1C. The molecule has 1 aliphatic heterocycles. The van der Waals surface area contributed by atoms with Crippen molar-refractivity contribution in [2.75, 3.05) is 12.4 Å². The van der Waals surface area contributed by atoms with E-state index in [2.05, 4.69) is 15.8 Å². The summed E-state index contributed by atoms with van der Waals surface area (Å²) >= 11 is 11.9. The lowest BCUT2D eigenvalue weighted by Crippen LogP contribution is -2.42. The number of carbonyl (C=O) groups is 2. The fourth-order valence-corrected chi connectivity index (χ4v) is 4.58. The number of carbonyl (C=O) groups excluding carboxylic acids is 2. The summed E-state index contributed by atoms with van der Waals surface area (Å²) in [6.07, 6.45) is -5.43. The molecule has 3 aromatic carbocycles. The summed E-state index contributed by atoms with van der Waals surface area (Å²) in [6, 6.07) is 14.7. The van der Waals surface area contributed by atoms with E-state index >= 15 is 0 Å². The van der Waals surface area contributed by atoms with Crippen LogP contribution in [0.2, 0.25) is 10.0 Å². The van der Waals surface area contributed by atoms with Crippen molar-refractivity contribution in [2.45, 2.75) is 25.1 Å². The fourth-order valence-electron chi connectivity index (χ4n) is 4.06. The molecule has 37 heavy (non-hydrogen) atoms. The molecule has 0 bridgehead atoms. The Labute approximate surface area is 220 Å². The molecule has 2 N–H and O–H groups in total. The number of nitrogens with one attached hydrogen (secondary N) is 2. The van der Waals surface area contributed by atoms with Crippen LogP contribution in [0, 0.1) is 6.92 Å². The minimum Gasteiger partial charge on any atom is -0.374 e. The second-order valence-electron chi connectivity index (χ2n) is 8.40. The van der Waals surface area contributed by atoms with Crippen LogP contribution < -0.4 is 10.6 Å². The Kier molecular flexibility index (Phi) is 7.21. The highest BCUT2D eigenvalue weighted by atomic mass is 35.5. The first kappa shape index (κ1) is 26.5. The number of benzene rings is 3. The summed E-state index contributed by atoms with van der Waals surface area (Å²) in [7, 11) is 1.48. The standard InChI is InChI=1S/C26H20Cl2F3N3O3/c1-14-9-15(7-8-19(14)24(36)33-21-6-4-3-5-20(21)23(35)32-2)22-13-25(37-34-22,26(29,30)31)16-10-17(27)12-18(28)11-16/h3-12H,13H2,1-2H3,(H,32,35)(H,33,36). The quantitative estimate of drug-likeness (QED) is 0.381. The minimum absolute atomic E-state index is 0.0346. The van der Waals surface area contributed by atoms with E-state index in [0.717, 1.165) is 12.1 Å². The molecule has 1 heterocycles. The molecule has 2 amide bonds. The van der Waals surface area contributed by atoms with E-state index in [1.54, 1.807) is 37.3 Å². The Morgan fingerprint density at radius 1 is 0.973 bits per heavy atom. The molecule has 0 spiro atoms. The van der Waals surface area contributed by atoms with Gasteiger partial charge in [0, 0.05) is 34.6 Å². The molecular weight excluding hydrogens is 530 g/mol. The van der Waals surface area contributed by atoms with Crippen LogP contribution in [0.25, 0.3) is 0 Å². The molecule has 11 heteroatoms. The zero-order chi connectivity index (χ0) is 27.0. The van der Waals surface area contributed by atoms with Gasteiger partial charge in [0.05, 0.1) is 17.0 Å². The number of alkyl halides is 3. The highest BCUT2D eigenvalue weighted by Crippen LogP contribution is 2.49. The van der Waals surface area contributed by atoms with E-state index in [9.17, 15) is 22.8 Å². The molecule has 4 rings (SSSR count). The van der Waals surface area contributed by atoms with Crippen LogP contribution in [0.4, 0.5) is 18.9 Å². The van der Waals surface area contributed by atoms with Gasteiger partial charge in [0.1, 0.15) is 0 Å². The van der Waals surface area contributed by atoms with Gasteiger partial charge in [-0.15, -0.1) is 0 Å². The minimum atomic E-state index is -4.82. The van der Waals surface area contributed by atoms with Gasteiger partial charge in [0.25, 0.3) is 17.4 Å². The summed E-state index contributed by atoms with van der Waals surface area (Å²) in [5, 5.41) is 9.04. The van der Waals surface area contributed by atoms with E-state index in [0.29, 0.717) is 16.8 Å². The zero-order valence-corrected chi connectivity index (χ0v) is 21.1. The predicted octanol–water partition coefficient (Wildman–Crippen LogP) is 6.50. The number of halogens is 5. The molecule has 0 aliphatic carbocycles. The van der Waals surface area contributed by atoms with Gasteiger partial charge < -0.3 is 15.5 Å². The number of anilines is 1. The van der Waals surface area contributed by atoms with Crippen LogP contribution in [0.1, 0.15) is 43.8 Å². The number of aryl methyl sites for hydroxylation is 1. The number of hydrogen-bond donors (Lipinski definition) is 2. The lowest BCUT2D eigenvalue weighted by Gasteiger charge is -2.29. The Balaban J connectivity index is 1.60. The van der Waals surface area contributed by atoms with Gasteiger partial charge in [-0.05, 0) is 60.5 Å². The van der Waals surface area contributed by atoms with E-state index in [-0.39, 0.29) is 38.4 Å². The van der Waals surface area contributed by atoms with E-state index in [1.807, 2.05) is 0 Å². The van der Waals surface area contributed by atoms with Crippen molar-refractivity contribution in [3.63, 3.8) is 0 Å². The van der Waals surface area contributed by atoms with Crippen molar-refractivity contribution < 1.29 is 27.6 Å². The molecule has 6 nitrogen and oxygen atoms in total. The molecule has 0 fully saturated rings. The second kappa shape index (κ2) is 10.1. The van der Waals surface area contributed by atoms with Crippen LogP contribution in [-0.4, -0.2) is 30.8 Å². The summed E-state index contributed by atoms with van der Waals surface area (Å²) in [5.41, 5.74) is -1.24. The Morgan fingerprint density at radius 2 is 1.65 bits per heavy atom. The van der Waals surface area contributed by atoms with E-state index < -0.39 is 24.1 Å². The van der Waals surface area contributed by atoms with Crippen LogP contribution in [0.5, 0.6) is 0 Å². The molecule has 1 aliphatic rings. The van der Waals surface area contributed by atoms with Crippen LogP contribution in [-0.2, 0) is 10.4 Å². The molecule has 0 radical (unpaired) electrons. The summed E-state index contributed by atoms with van der Waals surface area (Å²) < 4.78 is 42.8. The van der Waals surface area contributed by atoms with Gasteiger partial charge in [-0.2, -0.15) is 13.2 Å². The fraction of sp³-hybridized carbons (Fsp3) is 0.192. The maximum absolute atomic E-state index is 14.3. The van der Waals surface area contributed by atoms with Gasteiger partial charge in [-0.25, -0.2) is 0 Å². The first-order valence-corrected chi connectivity index (χ1v) is 11.7. The smallest absolute Gasteiger partial charge is 0.374 e. The Hall–Kier alpha value is -3.56. The normalized spacial score (nSPS) is 17.1. The summed E-state index contributed by atoms with van der Waals surface area (Å²) in [4.78, 5) is 30.1.